The van der Waals surface area contributed by atoms with Gasteiger partial charge in [0.25, 0.3) is 0 Å². The van der Waals surface area contributed by atoms with Crippen molar-refractivity contribution >= 4 is 11.8 Å². The third kappa shape index (κ3) is 3.39. The minimum atomic E-state index is 0.825. The van der Waals surface area contributed by atoms with Gasteiger partial charge in [-0.3, -0.25) is 0 Å². The molecule has 2 heteroatoms. The van der Waals surface area contributed by atoms with Crippen molar-refractivity contribution in [2.24, 2.45) is 11.8 Å². The van der Waals surface area contributed by atoms with Crippen LogP contribution in [0.2, 0.25) is 0 Å². The second-order valence-electron chi connectivity index (χ2n) is 5.59. The molecule has 2 aliphatic rings. The quantitative estimate of drug-likeness (QED) is 0.794. The van der Waals surface area contributed by atoms with Gasteiger partial charge in [-0.25, -0.2) is 0 Å². The second-order valence-corrected chi connectivity index (χ2v) is 6.74. The molecule has 0 bridgehead atoms. The lowest BCUT2D eigenvalue weighted by Gasteiger charge is -2.33. The SMILES string of the molecule is CC(C)C1CCCC(NC2CCSC2)C1. The van der Waals surface area contributed by atoms with E-state index in [1.54, 1.807) is 0 Å². The topological polar surface area (TPSA) is 12.0 Å². The van der Waals surface area contributed by atoms with Gasteiger partial charge in [0, 0.05) is 17.8 Å². The van der Waals surface area contributed by atoms with Gasteiger partial charge in [0.05, 0.1) is 0 Å². The maximum Gasteiger partial charge on any atom is 0.0168 e. The van der Waals surface area contributed by atoms with Crippen LogP contribution in [0.1, 0.15) is 46.0 Å². The Morgan fingerprint density at radius 3 is 2.67 bits per heavy atom. The summed E-state index contributed by atoms with van der Waals surface area (Å²) in [6, 6.07) is 1.65. The molecule has 3 unspecified atom stereocenters. The molecule has 1 aliphatic carbocycles. The van der Waals surface area contributed by atoms with Gasteiger partial charge in [0.2, 0.25) is 0 Å². The Balaban J connectivity index is 1.76. The molecule has 0 aromatic heterocycles. The monoisotopic (exact) mass is 227 g/mol. The van der Waals surface area contributed by atoms with Gasteiger partial charge in [0.15, 0.2) is 0 Å². The van der Waals surface area contributed by atoms with Gasteiger partial charge in [0.1, 0.15) is 0 Å². The Kier molecular flexibility index (Phi) is 4.39. The number of hydrogen-bond donors (Lipinski definition) is 1. The molecule has 1 nitrogen and oxygen atoms in total. The van der Waals surface area contributed by atoms with Crippen LogP contribution in [0.25, 0.3) is 0 Å². The average Bonchev–Trinajstić information content (AvgIpc) is 2.71. The molecule has 0 aromatic carbocycles. The molecule has 2 fully saturated rings. The van der Waals surface area contributed by atoms with Crippen LogP contribution in [-0.2, 0) is 0 Å². The Hall–Kier alpha value is 0.310. The summed E-state index contributed by atoms with van der Waals surface area (Å²) in [6.07, 6.45) is 7.16. The molecule has 88 valence electrons. The summed E-state index contributed by atoms with van der Waals surface area (Å²) in [5.41, 5.74) is 0. The molecule has 1 saturated carbocycles. The van der Waals surface area contributed by atoms with Crippen molar-refractivity contribution in [2.45, 2.75) is 58.0 Å². The standard InChI is InChI=1S/C13H25NS/c1-10(2)11-4-3-5-12(8-11)14-13-6-7-15-9-13/h10-14H,3-9H2,1-2H3. The second kappa shape index (κ2) is 5.58. The van der Waals surface area contributed by atoms with E-state index in [2.05, 4.69) is 30.9 Å². The van der Waals surface area contributed by atoms with E-state index in [0.717, 1.165) is 23.9 Å². The van der Waals surface area contributed by atoms with E-state index in [0.29, 0.717) is 0 Å². The molecular formula is C13H25NS. The molecule has 0 aromatic rings. The molecule has 0 spiro atoms. The first-order chi connectivity index (χ1) is 7.25. The number of thioether (sulfide) groups is 1. The third-order valence-corrected chi connectivity index (χ3v) is 5.22. The molecule has 1 saturated heterocycles. The molecule has 1 heterocycles. The first-order valence-electron chi connectivity index (χ1n) is 6.59. The van der Waals surface area contributed by atoms with E-state index in [9.17, 15) is 0 Å². The van der Waals surface area contributed by atoms with Gasteiger partial charge in [-0.15, -0.1) is 0 Å². The fourth-order valence-electron chi connectivity index (χ4n) is 2.98. The maximum absolute atomic E-state index is 3.88. The summed E-state index contributed by atoms with van der Waals surface area (Å²) < 4.78 is 0. The fourth-order valence-corrected chi connectivity index (χ4v) is 4.15. The first-order valence-corrected chi connectivity index (χ1v) is 7.75. The van der Waals surface area contributed by atoms with Crippen LogP contribution >= 0.6 is 11.8 Å². The van der Waals surface area contributed by atoms with Crippen molar-refractivity contribution in [1.29, 1.82) is 0 Å². The molecule has 15 heavy (non-hydrogen) atoms. The highest BCUT2D eigenvalue weighted by molar-refractivity contribution is 7.99. The largest absolute Gasteiger partial charge is 0.310 e. The summed E-state index contributed by atoms with van der Waals surface area (Å²) in [5, 5.41) is 3.88. The third-order valence-electron chi connectivity index (χ3n) is 4.06. The van der Waals surface area contributed by atoms with Crippen LogP contribution in [0.4, 0.5) is 0 Å². The average molecular weight is 227 g/mol. The highest BCUT2D eigenvalue weighted by Crippen LogP contribution is 2.31. The number of rotatable bonds is 3. The van der Waals surface area contributed by atoms with Crippen LogP contribution in [0.3, 0.4) is 0 Å². The predicted octanol–water partition coefficient (Wildman–Crippen LogP) is 3.30. The normalized spacial score (nSPS) is 37.4. The fraction of sp³-hybridized carbons (Fsp3) is 1.00. The van der Waals surface area contributed by atoms with Crippen molar-refractivity contribution < 1.29 is 0 Å². The number of hydrogen-bond acceptors (Lipinski definition) is 2. The van der Waals surface area contributed by atoms with E-state index < -0.39 is 0 Å². The maximum atomic E-state index is 3.88. The molecule has 3 atom stereocenters. The first kappa shape index (κ1) is 11.8. The number of nitrogens with one attached hydrogen (secondary N) is 1. The van der Waals surface area contributed by atoms with Crippen molar-refractivity contribution in [3.8, 4) is 0 Å². The van der Waals surface area contributed by atoms with E-state index in [1.807, 2.05) is 0 Å². The van der Waals surface area contributed by atoms with Crippen LogP contribution in [0, 0.1) is 11.8 Å². The van der Waals surface area contributed by atoms with Crippen molar-refractivity contribution in [2.75, 3.05) is 11.5 Å². The highest BCUT2D eigenvalue weighted by Gasteiger charge is 2.26. The van der Waals surface area contributed by atoms with E-state index in [-0.39, 0.29) is 0 Å². The van der Waals surface area contributed by atoms with Crippen molar-refractivity contribution in [3.63, 3.8) is 0 Å². The zero-order valence-electron chi connectivity index (χ0n) is 10.2. The van der Waals surface area contributed by atoms with Gasteiger partial charge in [-0.05, 0) is 36.9 Å². The molecule has 1 aliphatic heterocycles. The van der Waals surface area contributed by atoms with Gasteiger partial charge >= 0.3 is 0 Å². The summed E-state index contributed by atoms with van der Waals surface area (Å²) >= 11 is 2.12. The van der Waals surface area contributed by atoms with Crippen LogP contribution in [0.5, 0.6) is 0 Å². The zero-order valence-corrected chi connectivity index (χ0v) is 11.0. The Morgan fingerprint density at radius 1 is 1.13 bits per heavy atom. The Morgan fingerprint density at radius 2 is 2.00 bits per heavy atom. The lowest BCUT2D eigenvalue weighted by molar-refractivity contribution is 0.223. The minimum absolute atomic E-state index is 0.825. The minimum Gasteiger partial charge on any atom is -0.310 e. The summed E-state index contributed by atoms with van der Waals surface area (Å²) in [4.78, 5) is 0. The molecule has 2 rings (SSSR count). The summed E-state index contributed by atoms with van der Waals surface area (Å²) in [6.45, 7) is 4.77. The van der Waals surface area contributed by atoms with Crippen LogP contribution in [-0.4, -0.2) is 23.6 Å². The van der Waals surface area contributed by atoms with E-state index >= 15 is 0 Å². The molecule has 0 radical (unpaired) electrons. The lowest BCUT2D eigenvalue weighted by Crippen LogP contribution is -2.41. The molecule has 0 amide bonds. The highest BCUT2D eigenvalue weighted by atomic mass is 32.2. The zero-order chi connectivity index (χ0) is 10.7. The smallest absolute Gasteiger partial charge is 0.0168 e. The van der Waals surface area contributed by atoms with Crippen molar-refractivity contribution in [3.05, 3.63) is 0 Å². The predicted molar refractivity (Wildman–Crippen MR) is 69.4 cm³/mol. The van der Waals surface area contributed by atoms with Crippen molar-refractivity contribution in [1.82, 2.24) is 5.32 Å². The van der Waals surface area contributed by atoms with Gasteiger partial charge in [-0.1, -0.05) is 26.7 Å². The van der Waals surface area contributed by atoms with Crippen LogP contribution < -0.4 is 5.32 Å². The Bertz CT molecular complexity index is 185. The summed E-state index contributed by atoms with van der Waals surface area (Å²) in [5.74, 6) is 4.58. The van der Waals surface area contributed by atoms with Crippen LogP contribution in [0.15, 0.2) is 0 Å². The molecule has 1 N–H and O–H groups in total. The van der Waals surface area contributed by atoms with E-state index in [1.165, 1.54) is 43.6 Å². The lowest BCUT2D eigenvalue weighted by atomic mass is 9.79. The summed E-state index contributed by atoms with van der Waals surface area (Å²) in [7, 11) is 0. The van der Waals surface area contributed by atoms with Gasteiger partial charge in [-0.2, -0.15) is 11.8 Å². The molecular weight excluding hydrogens is 202 g/mol. The van der Waals surface area contributed by atoms with E-state index in [4.69, 9.17) is 0 Å². The Labute approximate surface area is 98.8 Å². The van der Waals surface area contributed by atoms with Gasteiger partial charge < -0.3 is 5.32 Å².